The zero-order valence-corrected chi connectivity index (χ0v) is 11.9. The van der Waals surface area contributed by atoms with Crippen LogP contribution in [0.15, 0.2) is 24.3 Å². The van der Waals surface area contributed by atoms with Crippen LogP contribution in [-0.4, -0.2) is 28.9 Å². The Labute approximate surface area is 117 Å². The van der Waals surface area contributed by atoms with Crippen molar-refractivity contribution in [2.24, 2.45) is 5.73 Å². The van der Waals surface area contributed by atoms with Crippen molar-refractivity contribution in [3.63, 3.8) is 0 Å². The monoisotopic (exact) mass is 280 g/mol. The van der Waals surface area contributed by atoms with E-state index in [-0.39, 0.29) is 11.2 Å². The number of benzene rings is 1. The minimum atomic E-state index is 0.116. The molecule has 1 heterocycles. The maximum Gasteiger partial charge on any atom is 0.239 e. The molecule has 0 aliphatic carbocycles. The molecule has 1 saturated heterocycles. The quantitative estimate of drug-likeness (QED) is 0.862. The van der Waals surface area contributed by atoms with Gasteiger partial charge < -0.3 is 10.6 Å². The molecule has 3 nitrogen and oxygen atoms in total. The standard InChI is InChI=1S/C13H16N2OS2/c1-15(13(16)11-3-2-8-18-11)10-6-4-9(5-7-10)12(14)17/h4-7,11H,2-3,8H2,1H3,(H2,14,17). The van der Waals surface area contributed by atoms with Gasteiger partial charge in [0.2, 0.25) is 5.91 Å². The summed E-state index contributed by atoms with van der Waals surface area (Å²) in [4.78, 5) is 14.3. The molecule has 1 aliphatic heterocycles. The SMILES string of the molecule is CN(C(=O)C1CCCS1)c1ccc(C(N)=S)cc1. The number of amides is 1. The zero-order valence-electron chi connectivity index (χ0n) is 10.3. The molecule has 5 heteroatoms. The van der Waals surface area contributed by atoms with E-state index in [1.54, 1.807) is 16.7 Å². The van der Waals surface area contributed by atoms with Crippen molar-refractivity contribution in [2.75, 3.05) is 17.7 Å². The van der Waals surface area contributed by atoms with E-state index >= 15 is 0 Å². The number of rotatable bonds is 3. The fraction of sp³-hybridized carbons (Fsp3) is 0.385. The van der Waals surface area contributed by atoms with Crippen LogP contribution in [0.1, 0.15) is 18.4 Å². The van der Waals surface area contributed by atoms with E-state index < -0.39 is 0 Å². The number of nitrogens with zero attached hydrogens (tertiary/aromatic N) is 1. The Balaban J connectivity index is 2.10. The minimum absolute atomic E-state index is 0.116. The van der Waals surface area contributed by atoms with Gasteiger partial charge >= 0.3 is 0 Å². The van der Waals surface area contributed by atoms with E-state index in [9.17, 15) is 4.79 Å². The number of nitrogens with two attached hydrogens (primary N) is 1. The number of hydrogen-bond donors (Lipinski definition) is 1. The van der Waals surface area contributed by atoms with Crippen LogP contribution in [0.3, 0.4) is 0 Å². The molecular formula is C13H16N2OS2. The number of thioether (sulfide) groups is 1. The van der Waals surface area contributed by atoms with Crippen LogP contribution < -0.4 is 10.6 Å². The molecule has 96 valence electrons. The van der Waals surface area contributed by atoms with Gasteiger partial charge in [-0.15, -0.1) is 11.8 Å². The Kier molecular flexibility index (Phi) is 4.24. The van der Waals surface area contributed by atoms with Gasteiger partial charge in [-0.1, -0.05) is 12.2 Å². The Bertz CT molecular complexity index is 453. The fourth-order valence-corrected chi connectivity index (χ4v) is 3.35. The van der Waals surface area contributed by atoms with Gasteiger partial charge in [-0.25, -0.2) is 0 Å². The lowest BCUT2D eigenvalue weighted by Gasteiger charge is -2.20. The largest absolute Gasteiger partial charge is 0.389 e. The Morgan fingerprint density at radius 2 is 2.11 bits per heavy atom. The van der Waals surface area contributed by atoms with Crippen molar-refractivity contribution in [3.8, 4) is 0 Å². The van der Waals surface area contributed by atoms with Crippen LogP contribution in [0, 0.1) is 0 Å². The van der Waals surface area contributed by atoms with Crippen LogP contribution >= 0.6 is 24.0 Å². The topological polar surface area (TPSA) is 46.3 Å². The second-order valence-corrected chi connectivity index (χ2v) is 6.06. The molecule has 1 fully saturated rings. The lowest BCUT2D eigenvalue weighted by molar-refractivity contribution is -0.117. The minimum Gasteiger partial charge on any atom is -0.389 e. The molecule has 1 aromatic carbocycles. The van der Waals surface area contributed by atoms with Gasteiger partial charge in [0.15, 0.2) is 0 Å². The maximum absolute atomic E-state index is 12.2. The highest BCUT2D eigenvalue weighted by Crippen LogP contribution is 2.28. The molecule has 0 bridgehead atoms. The molecule has 1 aliphatic rings. The highest BCUT2D eigenvalue weighted by atomic mass is 32.2. The smallest absolute Gasteiger partial charge is 0.239 e. The molecule has 2 N–H and O–H groups in total. The first-order chi connectivity index (χ1) is 8.59. The van der Waals surface area contributed by atoms with Crippen LogP contribution in [0.4, 0.5) is 5.69 Å². The van der Waals surface area contributed by atoms with Crippen LogP contribution in [-0.2, 0) is 4.79 Å². The summed E-state index contributed by atoms with van der Waals surface area (Å²) in [5.74, 6) is 1.27. The van der Waals surface area contributed by atoms with Crippen molar-refractivity contribution in [3.05, 3.63) is 29.8 Å². The molecular weight excluding hydrogens is 264 g/mol. The first-order valence-corrected chi connectivity index (χ1v) is 7.34. The summed E-state index contributed by atoms with van der Waals surface area (Å²) in [5.41, 5.74) is 7.25. The van der Waals surface area contributed by atoms with E-state index in [2.05, 4.69) is 0 Å². The van der Waals surface area contributed by atoms with Crippen molar-refractivity contribution in [1.82, 2.24) is 0 Å². The summed E-state index contributed by atoms with van der Waals surface area (Å²) >= 11 is 6.65. The van der Waals surface area contributed by atoms with Gasteiger partial charge in [-0.05, 0) is 42.9 Å². The fourth-order valence-electron chi connectivity index (χ4n) is 1.96. The van der Waals surface area contributed by atoms with Gasteiger partial charge in [0.25, 0.3) is 0 Å². The van der Waals surface area contributed by atoms with Crippen molar-refractivity contribution in [2.45, 2.75) is 18.1 Å². The van der Waals surface area contributed by atoms with E-state index in [1.165, 1.54) is 0 Å². The van der Waals surface area contributed by atoms with Gasteiger partial charge in [0.05, 0.1) is 5.25 Å². The van der Waals surface area contributed by atoms with E-state index in [4.69, 9.17) is 18.0 Å². The number of thiocarbonyl (C=S) groups is 1. The molecule has 1 amide bonds. The van der Waals surface area contributed by atoms with Crippen LogP contribution in [0.5, 0.6) is 0 Å². The molecule has 2 rings (SSSR count). The number of carbonyl (C=O) groups is 1. The highest BCUT2D eigenvalue weighted by Gasteiger charge is 2.26. The summed E-state index contributed by atoms with van der Waals surface area (Å²) in [6.45, 7) is 0. The first kappa shape index (κ1) is 13.4. The van der Waals surface area contributed by atoms with Crippen LogP contribution in [0.25, 0.3) is 0 Å². The van der Waals surface area contributed by atoms with Crippen molar-refractivity contribution < 1.29 is 4.79 Å². The summed E-state index contributed by atoms with van der Waals surface area (Å²) in [6.07, 6.45) is 2.12. The summed E-state index contributed by atoms with van der Waals surface area (Å²) in [5, 5.41) is 0.116. The highest BCUT2D eigenvalue weighted by molar-refractivity contribution is 8.00. The van der Waals surface area contributed by atoms with Gasteiger partial charge in [-0.2, -0.15) is 0 Å². The normalized spacial score (nSPS) is 18.6. The van der Waals surface area contributed by atoms with Crippen LogP contribution in [0.2, 0.25) is 0 Å². The second kappa shape index (κ2) is 5.71. The third-order valence-corrected chi connectivity index (χ3v) is 4.67. The van der Waals surface area contributed by atoms with Crippen molar-refractivity contribution in [1.29, 1.82) is 0 Å². The molecule has 0 spiro atoms. The molecule has 18 heavy (non-hydrogen) atoms. The summed E-state index contributed by atoms with van der Waals surface area (Å²) in [6, 6.07) is 7.46. The van der Waals surface area contributed by atoms with Gasteiger partial charge in [0.1, 0.15) is 4.99 Å². The zero-order chi connectivity index (χ0) is 13.1. The number of anilines is 1. The molecule has 1 atom stereocenters. The average molecular weight is 280 g/mol. The Morgan fingerprint density at radius 1 is 1.44 bits per heavy atom. The second-order valence-electron chi connectivity index (χ2n) is 4.31. The maximum atomic E-state index is 12.2. The predicted octanol–water partition coefficient (Wildman–Crippen LogP) is 2.18. The summed E-state index contributed by atoms with van der Waals surface area (Å²) < 4.78 is 0. The lowest BCUT2D eigenvalue weighted by atomic mass is 10.2. The van der Waals surface area contributed by atoms with E-state index in [0.29, 0.717) is 4.99 Å². The molecule has 1 unspecified atom stereocenters. The van der Waals surface area contributed by atoms with E-state index in [0.717, 1.165) is 29.8 Å². The molecule has 1 aromatic rings. The van der Waals surface area contributed by atoms with E-state index in [1.807, 2.05) is 31.3 Å². The van der Waals surface area contributed by atoms with Gasteiger partial charge in [-0.3, -0.25) is 4.79 Å². The Morgan fingerprint density at radius 3 is 2.61 bits per heavy atom. The predicted molar refractivity (Wildman–Crippen MR) is 81.2 cm³/mol. The molecule has 0 aromatic heterocycles. The number of carbonyl (C=O) groups excluding carboxylic acids is 1. The molecule has 0 saturated carbocycles. The Hall–Kier alpha value is -1.07. The third kappa shape index (κ3) is 2.84. The number of hydrogen-bond acceptors (Lipinski definition) is 3. The first-order valence-electron chi connectivity index (χ1n) is 5.88. The molecule has 0 radical (unpaired) electrons. The average Bonchev–Trinajstić information content (AvgIpc) is 2.91. The van der Waals surface area contributed by atoms with Gasteiger partial charge in [0, 0.05) is 18.3 Å². The lowest BCUT2D eigenvalue weighted by Crippen LogP contribution is -2.33. The van der Waals surface area contributed by atoms with Crippen molar-refractivity contribution >= 4 is 40.6 Å². The third-order valence-electron chi connectivity index (χ3n) is 3.07. The summed E-state index contributed by atoms with van der Waals surface area (Å²) in [7, 11) is 1.82.